The van der Waals surface area contributed by atoms with E-state index in [1.807, 2.05) is 30.5 Å². The number of benzene rings is 1. The van der Waals surface area contributed by atoms with Crippen molar-refractivity contribution in [1.29, 1.82) is 0 Å². The zero-order valence-electron chi connectivity index (χ0n) is 9.65. The fourth-order valence-corrected chi connectivity index (χ4v) is 2.27. The smallest absolute Gasteiger partial charge is 0.189 e. The molecule has 0 saturated carbocycles. The highest BCUT2D eigenvalue weighted by Crippen LogP contribution is 2.23. The van der Waals surface area contributed by atoms with Crippen LogP contribution in [-0.4, -0.2) is 16.2 Å². The van der Waals surface area contributed by atoms with Crippen LogP contribution in [0.25, 0.3) is 0 Å². The summed E-state index contributed by atoms with van der Waals surface area (Å²) < 4.78 is 0.840. The summed E-state index contributed by atoms with van der Waals surface area (Å²) in [6, 6.07) is 7.74. The van der Waals surface area contributed by atoms with Gasteiger partial charge in [0.05, 0.1) is 4.47 Å². The molecule has 18 heavy (non-hydrogen) atoms. The van der Waals surface area contributed by atoms with E-state index in [1.54, 1.807) is 6.20 Å². The molecule has 0 fully saturated rings. The van der Waals surface area contributed by atoms with Crippen molar-refractivity contribution in [2.45, 2.75) is 11.7 Å². The Kier molecular flexibility index (Phi) is 4.86. The molecule has 0 aliphatic carbocycles. The lowest BCUT2D eigenvalue weighted by atomic mass is 10.2. The molecule has 3 nitrogen and oxygen atoms in total. The normalized spacial score (nSPS) is 10.4. The van der Waals surface area contributed by atoms with E-state index in [4.69, 9.17) is 11.6 Å². The van der Waals surface area contributed by atoms with Gasteiger partial charge in [0.15, 0.2) is 5.16 Å². The molecule has 1 aromatic heterocycles. The zero-order valence-corrected chi connectivity index (χ0v) is 12.8. The average Bonchev–Trinajstić information content (AvgIpc) is 2.39. The predicted octanol–water partition coefficient (Wildman–Crippen LogP) is 4.23. The first-order valence-corrected chi connectivity index (χ1v) is 7.64. The molecule has 0 aliphatic heterocycles. The maximum Gasteiger partial charge on any atom is 0.189 e. The van der Waals surface area contributed by atoms with Gasteiger partial charge in [-0.25, -0.2) is 9.97 Å². The van der Waals surface area contributed by atoms with Crippen molar-refractivity contribution < 1.29 is 0 Å². The predicted molar refractivity (Wildman–Crippen MR) is 80.3 cm³/mol. The third-order valence-electron chi connectivity index (χ3n) is 2.31. The second-order valence-electron chi connectivity index (χ2n) is 3.50. The number of hydrogen-bond donors (Lipinski definition) is 1. The lowest BCUT2D eigenvalue weighted by Gasteiger charge is -2.09. The Balaban J connectivity index is 2.13. The van der Waals surface area contributed by atoms with Crippen molar-refractivity contribution >= 4 is 45.1 Å². The van der Waals surface area contributed by atoms with Gasteiger partial charge in [-0.1, -0.05) is 41.6 Å². The van der Waals surface area contributed by atoms with Crippen LogP contribution in [0.3, 0.4) is 0 Å². The van der Waals surface area contributed by atoms with E-state index in [9.17, 15) is 0 Å². The zero-order chi connectivity index (χ0) is 13.0. The molecule has 6 heteroatoms. The van der Waals surface area contributed by atoms with Crippen molar-refractivity contribution in [2.24, 2.45) is 0 Å². The van der Waals surface area contributed by atoms with Gasteiger partial charge in [0, 0.05) is 17.8 Å². The van der Waals surface area contributed by atoms with E-state index >= 15 is 0 Å². The fraction of sp³-hybridized carbons (Fsp3) is 0.167. The number of rotatable bonds is 4. The second kappa shape index (κ2) is 6.41. The highest BCUT2D eigenvalue weighted by Gasteiger charge is 2.05. The van der Waals surface area contributed by atoms with Crippen LogP contribution in [0.1, 0.15) is 5.56 Å². The van der Waals surface area contributed by atoms with Crippen molar-refractivity contribution in [1.82, 2.24) is 9.97 Å². The van der Waals surface area contributed by atoms with E-state index < -0.39 is 0 Å². The Morgan fingerprint density at radius 3 is 2.89 bits per heavy atom. The van der Waals surface area contributed by atoms with Gasteiger partial charge in [-0.15, -0.1) is 0 Å². The molecule has 0 atom stereocenters. The summed E-state index contributed by atoms with van der Waals surface area (Å²) >= 11 is 11.0. The minimum absolute atomic E-state index is 0.628. The monoisotopic (exact) mass is 343 g/mol. The Bertz CT molecular complexity index is 551. The largest absolute Gasteiger partial charge is 0.365 e. The van der Waals surface area contributed by atoms with Crippen LogP contribution in [0.4, 0.5) is 5.82 Å². The second-order valence-corrected chi connectivity index (χ2v) is 5.53. The van der Waals surface area contributed by atoms with Crippen LogP contribution in [0.2, 0.25) is 5.02 Å². The van der Waals surface area contributed by atoms with Crippen LogP contribution in [0, 0.1) is 0 Å². The maximum atomic E-state index is 6.10. The molecule has 0 amide bonds. The summed E-state index contributed by atoms with van der Waals surface area (Å²) in [5.74, 6) is 0.772. The number of nitrogens with one attached hydrogen (secondary N) is 1. The van der Waals surface area contributed by atoms with Crippen LogP contribution >= 0.6 is 39.3 Å². The molecule has 0 radical (unpaired) electrons. The summed E-state index contributed by atoms with van der Waals surface area (Å²) in [6.07, 6.45) is 3.69. The molecule has 0 saturated heterocycles. The molecule has 94 valence electrons. The average molecular weight is 345 g/mol. The number of anilines is 1. The molecule has 0 aliphatic rings. The first-order valence-electron chi connectivity index (χ1n) is 5.24. The molecular weight excluding hydrogens is 334 g/mol. The standard InChI is InChI=1S/C12H11BrClN3S/c1-18-12-16-7-9(13)11(17-12)15-6-8-4-2-3-5-10(8)14/h2-5,7H,6H2,1H3,(H,15,16,17). The topological polar surface area (TPSA) is 37.8 Å². The molecule has 1 N–H and O–H groups in total. The highest BCUT2D eigenvalue weighted by atomic mass is 79.9. The van der Waals surface area contributed by atoms with Gasteiger partial charge in [-0.3, -0.25) is 0 Å². The third-order valence-corrected chi connectivity index (χ3v) is 3.82. The molecule has 0 spiro atoms. The van der Waals surface area contributed by atoms with Gasteiger partial charge in [-0.05, 0) is 33.8 Å². The van der Waals surface area contributed by atoms with Gasteiger partial charge in [-0.2, -0.15) is 0 Å². The number of halogens is 2. The van der Waals surface area contributed by atoms with E-state index in [0.717, 1.165) is 26.0 Å². The summed E-state index contributed by atoms with van der Waals surface area (Å²) in [5.41, 5.74) is 1.04. The van der Waals surface area contributed by atoms with Gasteiger partial charge < -0.3 is 5.32 Å². The van der Waals surface area contributed by atoms with Crippen molar-refractivity contribution in [2.75, 3.05) is 11.6 Å². The summed E-state index contributed by atoms with van der Waals surface area (Å²) in [5, 5.41) is 4.74. The number of aromatic nitrogens is 2. The van der Waals surface area contributed by atoms with Crippen LogP contribution in [0.5, 0.6) is 0 Å². The van der Waals surface area contributed by atoms with Crippen LogP contribution < -0.4 is 5.32 Å². The molecule has 1 heterocycles. The Labute approximate surface area is 124 Å². The maximum absolute atomic E-state index is 6.10. The van der Waals surface area contributed by atoms with Gasteiger partial charge in [0.1, 0.15) is 5.82 Å². The molecule has 2 aromatic rings. The van der Waals surface area contributed by atoms with Crippen molar-refractivity contribution in [3.63, 3.8) is 0 Å². The van der Waals surface area contributed by atoms with E-state index in [-0.39, 0.29) is 0 Å². The Hall–Kier alpha value is -0.780. The van der Waals surface area contributed by atoms with E-state index in [0.29, 0.717) is 6.54 Å². The summed E-state index contributed by atoms with van der Waals surface area (Å²) in [6.45, 7) is 0.628. The number of nitrogens with zero attached hydrogens (tertiary/aromatic N) is 2. The molecule has 0 bridgehead atoms. The summed E-state index contributed by atoms with van der Waals surface area (Å²) in [4.78, 5) is 8.56. The van der Waals surface area contributed by atoms with Crippen LogP contribution in [-0.2, 0) is 6.54 Å². The lowest BCUT2D eigenvalue weighted by molar-refractivity contribution is 0.947. The minimum atomic E-state index is 0.628. The molecular formula is C12H11BrClN3S. The first-order chi connectivity index (χ1) is 8.70. The van der Waals surface area contributed by atoms with Crippen molar-refractivity contribution in [3.05, 3.63) is 45.5 Å². The SMILES string of the molecule is CSc1ncc(Br)c(NCc2ccccc2Cl)n1. The van der Waals surface area contributed by atoms with Crippen LogP contribution in [0.15, 0.2) is 40.1 Å². The summed E-state index contributed by atoms with van der Waals surface area (Å²) in [7, 11) is 0. The third kappa shape index (κ3) is 3.37. The number of hydrogen-bond acceptors (Lipinski definition) is 4. The van der Waals surface area contributed by atoms with Gasteiger partial charge >= 0.3 is 0 Å². The molecule has 0 unspecified atom stereocenters. The fourth-order valence-electron chi connectivity index (χ4n) is 1.39. The lowest BCUT2D eigenvalue weighted by Crippen LogP contribution is -2.03. The first kappa shape index (κ1) is 13.6. The molecule has 2 rings (SSSR count). The van der Waals surface area contributed by atoms with Gasteiger partial charge in [0.25, 0.3) is 0 Å². The van der Waals surface area contributed by atoms with E-state index in [2.05, 4.69) is 31.2 Å². The molecule has 1 aromatic carbocycles. The van der Waals surface area contributed by atoms with E-state index in [1.165, 1.54) is 11.8 Å². The van der Waals surface area contributed by atoms with Gasteiger partial charge in [0.2, 0.25) is 0 Å². The number of thioether (sulfide) groups is 1. The Morgan fingerprint density at radius 1 is 1.39 bits per heavy atom. The Morgan fingerprint density at radius 2 is 2.17 bits per heavy atom. The highest BCUT2D eigenvalue weighted by molar-refractivity contribution is 9.10. The minimum Gasteiger partial charge on any atom is -0.365 e. The quantitative estimate of drug-likeness (QED) is 0.665. The van der Waals surface area contributed by atoms with Crippen molar-refractivity contribution in [3.8, 4) is 0 Å².